The van der Waals surface area contributed by atoms with E-state index >= 15 is 0 Å². The summed E-state index contributed by atoms with van der Waals surface area (Å²) in [6.07, 6.45) is 1.32. The van der Waals surface area contributed by atoms with Crippen LogP contribution in [0.5, 0.6) is 0 Å². The number of hydrogen-bond donors (Lipinski definition) is 1. The van der Waals surface area contributed by atoms with Gasteiger partial charge in [-0.3, -0.25) is 14.5 Å². The van der Waals surface area contributed by atoms with Gasteiger partial charge in [0.25, 0.3) is 5.91 Å². The zero-order chi connectivity index (χ0) is 28.9. The molecule has 0 saturated carbocycles. The third kappa shape index (κ3) is 6.28. The third-order valence-electron chi connectivity index (χ3n) is 7.56. The van der Waals surface area contributed by atoms with Crippen LogP contribution < -0.4 is 5.32 Å². The van der Waals surface area contributed by atoms with E-state index in [1.54, 1.807) is 28.4 Å². The molecule has 0 bridgehead atoms. The zero-order valence-corrected chi connectivity index (χ0v) is 24.7. The standard InChI is InChI=1S/C33H32N2O5S2/c36-27(20-22-10-4-1-5-11-22)34-28-31(37)35-29(26(21-41-32(28)35)42-25-16-18-39-19-17-25)33(38)40-30(23-12-6-2-7-13-23)24-14-8-3-9-15-24/h1-15,25,28,30,32H,16-21H2,(H,34,36)/t28?,32-/m0/s1. The number of nitrogens with one attached hydrogen (secondary N) is 1. The van der Waals surface area contributed by atoms with Gasteiger partial charge in [0, 0.05) is 29.1 Å². The number of ether oxygens (including phenoxy) is 2. The van der Waals surface area contributed by atoms with Gasteiger partial charge in [-0.1, -0.05) is 91.0 Å². The Balaban J connectivity index is 1.26. The van der Waals surface area contributed by atoms with Gasteiger partial charge in [0.2, 0.25) is 5.91 Å². The quantitative estimate of drug-likeness (QED) is 0.271. The molecule has 2 atom stereocenters. The van der Waals surface area contributed by atoms with Crippen molar-refractivity contribution in [2.24, 2.45) is 0 Å². The minimum atomic E-state index is -0.692. The van der Waals surface area contributed by atoms with Crippen molar-refractivity contribution in [2.75, 3.05) is 19.0 Å². The van der Waals surface area contributed by atoms with Crippen LogP contribution >= 0.6 is 23.5 Å². The Labute approximate surface area is 254 Å². The van der Waals surface area contributed by atoms with E-state index in [0.29, 0.717) is 29.9 Å². The average Bonchev–Trinajstić information content (AvgIpc) is 3.04. The van der Waals surface area contributed by atoms with Crippen molar-refractivity contribution in [1.29, 1.82) is 0 Å². The average molecular weight is 601 g/mol. The number of β-lactam (4-membered cyclic amide) rings is 1. The maximum absolute atomic E-state index is 14.1. The molecule has 42 heavy (non-hydrogen) atoms. The minimum absolute atomic E-state index is 0.188. The van der Waals surface area contributed by atoms with E-state index < -0.39 is 18.1 Å². The Kier molecular flexibility index (Phi) is 8.98. The van der Waals surface area contributed by atoms with Crippen LogP contribution in [0.4, 0.5) is 0 Å². The lowest BCUT2D eigenvalue weighted by atomic mass is 10.0. The molecule has 0 aromatic heterocycles. The number of rotatable bonds is 9. The first-order valence-corrected chi connectivity index (χ1v) is 16.1. The summed E-state index contributed by atoms with van der Waals surface area (Å²) in [5.41, 5.74) is 2.87. The van der Waals surface area contributed by atoms with Crippen LogP contribution in [-0.2, 0) is 30.3 Å². The number of esters is 1. The summed E-state index contributed by atoms with van der Waals surface area (Å²) in [7, 11) is 0. The summed E-state index contributed by atoms with van der Waals surface area (Å²) in [4.78, 5) is 42.9. The molecule has 216 valence electrons. The number of fused-ring (bicyclic) bond motifs is 1. The topological polar surface area (TPSA) is 84.9 Å². The van der Waals surface area contributed by atoms with E-state index in [1.165, 1.54) is 0 Å². The van der Waals surface area contributed by atoms with Gasteiger partial charge in [0.05, 0.1) is 6.42 Å². The van der Waals surface area contributed by atoms with Gasteiger partial charge >= 0.3 is 5.97 Å². The molecule has 3 aliphatic rings. The molecule has 2 amide bonds. The summed E-state index contributed by atoms with van der Waals surface area (Å²) in [5.74, 6) is -0.479. The summed E-state index contributed by atoms with van der Waals surface area (Å²) in [6.45, 7) is 1.37. The molecule has 0 radical (unpaired) electrons. The van der Waals surface area contributed by atoms with Gasteiger partial charge in [-0.25, -0.2) is 4.79 Å². The van der Waals surface area contributed by atoms with Crippen molar-refractivity contribution in [3.63, 3.8) is 0 Å². The fourth-order valence-corrected chi connectivity index (χ4v) is 8.21. The molecule has 2 saturated heterocycles. The molecular formula is C33H32N2O5S2. The van der Waals surface area contributed by atoms with Crippen LogP contribution in [0.25, 0.3) is 0 Å². The summed E-state index contributed by atoms with van der Waals surface area (Å²) in [5, 5.41) is 2.84. The first kappa shape index (κ1) is 28.6. The second-order valence-corrected chi connectivity index (χ2v) is 12.9. The predicted molar refractivity (Wildman–Crippen MR) is 164 cm³/mol. The molecule has 7 nitrogen and oxygen atoms in total. The molecule has 3 aromatic rings. The first-order valence-electron chi connectivity index (χ1n) is 14.1. The largest absolute Gasteiger partial charge is 0.448 e. The van der Waals surface area contributed by atoms with E-state index in [1.807, 2.05) is 91.0 Å². The van der Waals surface area contributed by atoms with E-state index in [9.17, 15) is 14.4 Å². The Morgan fingerprint density at radius 1 is 0.929 bits per heavy atom. The lowest BCUT2D eigenvalue weighted by Gasteiger charge is -2.50. The molecule has 1 N–H and O–H groups in total. The van der Waals surface area contributed by atoms with Crippen LogP contribution in [0.15, 0.2) is 102 Å². The molecule has 0 spiro atoms. The number of amides is 2. The Hall–Kier alpha value is -3.53. The summed E-state index contributed by atoms with van der Waals surface area (Å²) in [6, 6.07) is 28.0. The number of hydrogen-bond acceptors (Lipinski definition) is 7. The van der Waals surface area contributed by atoms with Crippen molar-refractivity contribution >= 4 is 41.3 Å². The molecular weight excluding hydrogens is 569 g/mol. The fraction of sp³-hybridized carbons (Fsp3) is 0.303. The molecule has 1 unspecified atom stereocenters. The van der Waals surface area contributed by atoms with Gasteiger partial charge in [-0.15, -0.1) is 23.5 Å². The molecule has 3 heterocycles. The van der Waals surface area contributed by atoms with Gasteiger partial charge < -0.3 is 14.8 Å². The second kappa shape index (κ2) is 13.2. The van der Waals surface area contributed by atoms with Crippen molar-refractivity contribution in [2.45, 2.75) is 42.0 Å². The zero-order valence-electron chi connectivity index (χ0n) is 23.0. The second-order valence-electron chi connectivity index (χ2n) is 10.4. The van der Waals surface area contributed by atoms with Crippen LogP contribution in [0.2, 0.25) is 0 Å². The van der Waals surface area contributed by atoms with E-state index in [-0.39, 0.29) is 23.6 Å². The molecule has 3 aromatic carbocycles. The van der Waals surface area contributed by atoms with Gasteiger partial charge in [0.15, 0.2) is 6.10 Å². The lowest BCUT2D eigenvalue weighted by Crippen LogP contribution is -2.70. The van der Waals surface area contributed by atoms with E-state index in [2.05, 4.69) is 5.32 Å². The number of carbonyl (C=O) groups excluding carboxylic acids is 3. The Morgan fingerprint density at radius 3 is 2.14 bits per heavy atom. The molecule has 6 rings (SSSR count). The van der Waals surface area contributed by atoms with E-state index in [4.69, 9.17) is 9.47 Å². The highest BCUT2D eigenvalue weighted by molar-refractivity contribution is 8.06. The number of thioether (sulfide) groups is 2. The molecule has 9 heteroatoms. The molecule has 0 aliphatic carbocycles. The first-order chi connectivity index (χ1) is 20.6. The predicted octanol–water partition coefficient (Wildman–Crippen LogP) is 5.09. The number of nitrogens with zero attached hydrogens (tertiary/aromatic N) is 1. The van der Waals surface area contributed by atoms with Crippen molar-refractivity contribution in [1.82, 2.24) is 10.2 Å². The highest BCUT2D eigenvalue weighted by Crippen LogP contribution is 2.46. The van der Waals surface area contributed by atoms with Crippen LogP contribution in [-0.4, -0.2) is 58.3 Å². The summed E-state index contributed by atoms with van der Waals surface area (Å²) < 4.78 is 11.8. The highest BCUT2D eigenvalue weighted by Gasteiger charge is 2.55. The normalized spacial score (nSPS) is 20.6. The number of carbonyl (C=O) groups is 3. The smallest absolute Gasteiger partial charge is 0.356 e. The minimum Gasteiger partial charge on any atom is -0.448 e. The lowest BCUT2D eigenvalue weighted by molar-refractivity contribution is -0.154. The third-order valence-corrected chi connectivity index (χ3v) is 10.4. The van der Waals surface area contributed by atoms with Crippen molar-refractivity contribution in [3.8, 4) is 0 Å². The van der Waals surface area contributed by atoms with Gasteiger partial charge in [-0.2, -0.15) is 0 Å². The van der Waals surface area contributed by atoms with Gasteiger partial charge in [0.1, 0.15) is 17.1 Å². The molecule has 3 aliphatic heterocycles. The van der Waals surface area contributed by atoms with Crippen molar-refractivity contribution in [3.05, 3.63) is 118 Å². The maximum atomic E-state index is 14.1. The van der Waals surface area contributed by atoms with Gasteiger partial charge in [-0.05, 0) is 29.5 Å². The number of benzene rings is 3. The van der Waals surface area contributed by atoms with Crippen molar-refractivity contribution < 1.29 is 23.9 Å². The summed E-state index contributed by atoms with van der Waals surface area (Å²) >= 11 is 3.23. The Morgan fingerprint density at radius 2 is 1.52 bits per heavy atom. The molecule has 2 fully saturated rings. The SMILES string of the molecule is O=C(Cc1ccccc1)NC1C(=O)N2C(C(=O)OC(c3ccccc3)c3ccccc3)=C(SC3CCOCC3)CS[C@@H]12. The van der Waals surface area contributed by atoms with Crippen LogP contribution in [0.1, 0.15) is 35.6 Å². The fourth-order valence-electron chi connectivity index (χ4n) is 5.42. The van der Waals surface area contributed by atoms with Crippen LogP contribution in [0.3, 0.4) is 0 Å². The van der Waals surface area contributed by atoms with Crippen LogP contribution in [0, 0.1) is 0 Å². The monoisotopic (exact) mass is 600 g/mol. The Bertz CT molecular complexity index is 1410. The highest BCUT2D eigenvalue weighted by atomic mass is 32.2. The maximum Gasteiger partial charge on any atom is 0.356 e. The van der Waals surface area contributed by atoms with E-state index in [0.717, 1.165) is 34.4 Å².